The molecule has 0 N–H and O–H groups in total. The quantitative estimate of drug-likeness (QED) is 0.192. The fraction of sp³-hybridized carbons (Fsp3) is 0. The second kappa shape index (κ2) is 10.4. The third-order valence-corrected chi connectivity index (χ3v) is 8.99. The molecule has 0 aliphatic carbocycles. The SMILES string of the molecule is O=c1n(-c2ccccc2)c2ccccc2n1-c1ccc(-c2c3ccccc3c(-c3ccc4ccccc4c3)c3ccccc23)nc1. The molecule has 0 amide bonds. The predicted molar refractivity (Wildman–Crippen MR) is 190 cm³/mol. The number of fused-ring (bicyclic) bond motifs is 4. The number of rotatable bonds is 4. The van der Waals surface area contributed by atoms with Crippen molar-refractivity contribution < 1.29 is 0 Å². The normalized spacial score (nSPS) is 11.6. The van der Waals surface area contributed by atoms with Crippen molar-refractivity contribution in [2.75, 3.05) is 0 Å². The number of imidazole rings is 1. The molecule has 46 heavy (non-hydrogen) atoms. The lowest BCUT2D eigenvalue weighted by Gasteiger charge is -2.17. The van der Waals surface area contributed by atoms with Crippen molar-refractivity contribution in [2.45, 2.75) is 0 Å². The molecule has 0 bridgehead atoms. The van der Waals surface area contributed by atoms with Crippen LogP contribution in [-0.4, -0.2) is 14.1 Å². The number of pyridine rings is 1. The molecule has 0 aliphatic heterocycles. The Bertz CT molecular complexity index is 2590. The van der Waals surface area contributed by atoms with Crippen molar-refractivity contribution in [3.05, 3.63) is 174 Å². The van der Waals surface area contributed by atoms with Crippen LogP contribution in [-0.2, 0) is 0 Å². The van der Waals surface area contributed by atoms with Gasteiger partial charge in [-0.15, -0.1) is 0 Å². The summed E-state index contributed by atoms with van der Waals surface area (Å²) in [5.74, 6) is 0. The van der Waals surface area contributed by atoms with Gasteiger partial charge in [-0.3, -0.25) is 14.1 Å². The second-order valence-electron chi connectivity index (χ2n) is 11.6. The summed E-state index contributed by atoms with van der Waals surface area (Å²) in [6.07, 6.45) is 1.82. The minimum Gasteiger partial charge on any atom is -0.260 e. The van der Waals surface area contributed by atoms with Crippen LogP contribution >= 0.6 is 0 Å². The van der Waals surface area contributed by atoms with E-state index in [2.05, 4.69) is 91.0 Å². The molecule has 9 rings (SSSR count). The van der Waals surface area contributed by atoms with Crippen molar-refractivity contribution in [2.24, 2.45) is 0 Å². The summed E-state index contributed by atoms with van der Waals surface area (Å²) in [7, 11) is 0. The lowest BCUT2D eigenvalue weighted by molar-refractivity contribution is 0.926. The number of hydrogen-bond donors (Lipinski definition) is 0. The molecule has 2 aromatic heterocycles. The first-order valence-corrected chi connectivity index (χ1v) is 15.4. The van der Waals surface area contributed by atoms with E-state index >= 15 is 0 Å². The number of nitrogens with zero attached hydrogens (tertiary/aromatic N) is 3. The van der Waals surface area contributed by atoms with Crippen LogP contribution in [0.1, 0.15) is 0 Å². The van der Waals surface area contributed by atoms with Gasteiger partial charge in [0.15, 0.2) is 0 Å². The van der Waals surface area contributed by atoms with Gasteiger partial charge in [0.25, 0.3) is 0 Å². The van der Waals surface area contributed by atoms with Gasteiger partial charge in [0.2, 0.25) is 0 Å². The maximum Gasteiger partial charge on any atom is 0.338 e. The van der Waals surface area contributed by atoms with Gasteiger partial charge in [0, 0.05) is 5.56 Å². The van der Waals surface area contributed by atoms with E-state index in [1.54, 1.807) is 9.13 Å². The van der Waals surface area contributed by atoms with Crippen LogP contribution in [0.15, 0.2) is 169 Å². The Labute approximate surface area is 265 Å². The average Bonchev–Trinajstić information content (AvgIpc) is 3.42. The number of para-hydroxylation sites is 3. The number of benzene rings is 7. The molecule has 2 heterocycles. The fourth-order valence-corrected chi connectivity index (χ4v) is 6.95. The highest BCUT2D eigenvalue weighted by Gasteiger charge is 2.19. The van der Waals surface area contributed by atoms with Crippen LogP contribution in [0.2, 0.25) is 0 Å². The van der Waals surface area contributed by atoms with E-state index in [0.717, 1.165) is 44.4 Å². The number of hydrogen-bond acceptors (Lipinski definition) is 2. The van der Waals surface area contributed by atoms with E-state index < -0.39 is 0 Å². The average molecular weight is 590 g/mol. The lowest BCUT2D eigenvalue weighted by atomic mass is 9.87. The van der Waals surface area contributed by atoms with E-state index in [4.69, 9.17) is 4.98 Å². The Morgan fingerprint density at radius 2 is 0.978 bits per heavy atom. The van der Waals surface area contributed by atoms with Crippen molar-refractivity contribution in [1.29, 1.82) is 0 Å². The molecular formula is C42H27N3O. The third kappa shape index (κ3) is 4.01. The van der Waals surface area contributed by atoms with Gasteiger partial charge in [-0.1, -0.05) is 115 Å². The van der Waals surface area contributed by atoms with Crippen molar-refractivity contribution in [1.82, 2.24) is 14.1 Å². The summed E-state index contributed by atoms with van der Waals surface area (Å²) in [4.78, 5) is 19.0. The van der Waals surface area contributed by atoms with Crippen LogP contribution in [0, 0.1) is 0 Å². The van der Waals surface area contributed by atoms with Gasteiger partial charge >= 0.3 is 5.69 Å². The zero-order chi connectivity index (χ0) is 30.6. The van der Waals surface area contributed by atoms with Crippen LogP contribution in [0.5, 0.6) is 0 Å². The molecule has 7 aromatic carbocycles. The third-order valence-electron chi connectivity index (χ3n) is 8.99. The van der Waals surface area contributed by atoms with Gasteiger partial charge in [0.1, 0.15) is 0 Å². The highest BCUT2D eigenvalue weighted by Crippen LogP contribution is 2.43. The van der Waals surface area contributed by atoms with Crippen LogP contribution in [0.4, 0.5) is 0 Å². The Balaban J connectivity index is 1.25. The van der Waals surface area contributed by atoms with Gasteiger partial charge < -0.3 is 0 Å². The summed E-state index contributed by atoms with van der Waals surface area (Å²) >= 11 is 0. The Morgan fingerprint density at radius 1 is 0.435 bits per heavy atom. The highest BCUT2D eigenvalue weighted by molar-refractivity contribution is 6.21. The number of aromatic nitrogens is 3. The highest BCUT2D eigenvalue weighted by atomic mass is 16.1. The molecule has 0 saturated carbocycles. The zero-order valence-corrected chi connectivity index (χ0v) is 24.8. The Morgan fingerprint density at radius 3 is 1.61 bits per heavy atom. The summed E-state index contributed by atoms with van der Waals surface area (Å²) in [6.45, 7) is 0. The molecule has 0 fully saturated rings. The smallest absolute Gasteiger partial charge is 0.260 e. The van der Waals surface area contributed by atoms with E-state index in [1.807, 2.05) is 72.9 Å². The monoisotopic (exact) mass is 589 g/mol. The fourth-order valence-electron chi connectivity index (χ4n) is 6.95. The van der Waals surface area contributed by atoms with Crippen molar-refractivity contribution in [3.8, 4) is 33.8 Å². The molecule has 0 spiro atoms. The van der Waals surface area contributed by atoms with Gasteiger partial charge in [-0.05, 0) is 85.9 Å². The molecule has 0 aliphatic rings. The predicted octanol–water partition coefficient (Wildman–Crippen LogP) is 9.97. The molecule has 0 unspecified atom stereocenters. The summed E-state index contributed by atoms with van der Waals surface area (Å²) < 4.78 is 3.51. The topological polar surface area (TPSA) is 39.8 Å². The van der Waals surface area contributed by atoms with E-state index in [9.17, 15) is 4.79 Å². The Kier molecular flexibility index (Phi) is 5.93. The largest absolute Gasteiger partial charge is 0.338 e. The van der Waals surface area contributed by atoms with Gasteiger partial charge in [-0.25, -0.2) is 4.79 Å². The summed E-state index contributed by atoms with van der Waals surface area (Å²) in [6, 6.07) is 54.1. The molecule has 9 aromatic rings. The van der Waals surface area contributed by atoms with Crippen molar-refractivity contribution in [3.63, 3.8) is 0 Å². The molecule has 0 radical (unpaired) electrons. The molecule has 4 nitrogen and oxygen atoms in total. The minimum absolute atomic E-state index is 0.127. The lowest BCUT2D eigenvalue weighted by Crippen LogP contribution is -2.22. The molecule has 216 valence electrons. The first kappa shape index (κ1) is 26.2. The standard InChI is InChI=1S/C42H27N3O/c46-42-44(31-14-2-1-3-15-31)38-20-10-11-21-39(38)45(42)32-24-25-37(43-27-32)41-35-18-8-6-16-33(35)40(34-17-7-9-19-36(34)41)30-23-22-28-12-4-5-13-29(28)26-30/h1-27H. The zero-order valence-electron chi connectivity index (χ0n) is 24.8. The van der Waals surface area contributed by atoms with Gasteiger partial charge in [-0.2, -0.15) is 0 Å². The summed E-state index contributed by atoms with van der Waals surface area (Å²) in [5.41, 5.74) is 7.47. The van der Waals surface area contributed by atoms with Crippen molar-refractivity contribution >= 4 is 43.4 Å². The van der Waals surface area contributed by atoms with Crippen LogP contribution in [0.3, 0.4) is 0 Å². The minimum atomic E-state index is -0.127. The Hall–Kier alpha value is -6.26. The van der Waals surface area contributed by atoms with Crippen LogP contribution in [0.25, 0.3) is 77.1 Å². The molecular weight excluding hydrogens is 562 g/mol. The van der Waals surface area contributed by atoms with Crippen LogP contribution < -0.4 is 5.69 Å². The van der Waals surface area contributed by atoms with E-state index in [1.165, 1.54) is 32.7 Å². The first-order valence-electron chi connectivity index (χ1n) is 15.4. The maximum atomic E-state index is 13.9. The maximum absolute atomic E-state index is 13.9. The molecule has 4 heteroatoms. The molecule has 0 atom stereocenters. The van der Waals surface area contributed by atoms with E-state index in [-0.39, 0.29) is 5.69 Å². The molecule has 0 saturated heterocycles. The van der Waals surface area contributed by atoms with Gasteiger partial charge in [0.05, 0.1) is 34.3 Å². The van der Waals surface area contributed by atoms with E-state index in [0.29, 0.717) is 0 Å². The summed E-state index contributed by atoms with van der Waals surface area (Å²) in [5, 5.41) is 7.09. The second-order valence-corrected chi connectivity index (χ2v) is 11.6. The first-order chi connectivity index (χ1) is 22.8.